The lowest BCUT2D eigenvalue weighted by atomic mass is 9.97. The number of hydrogen-bond donors (Lipinski definition) is 0. The van der Waals surface area contributed by atoms with Gasteiger partial charge >= 0.3 is 0 Å². The first-order valence-electron chi connectivity index (χ1n) is 7.67. The van der Waals surface area contributed by atoms with Crippen LogP contribution in [0.3, 0.4) is 0 Å². The van der Waals surface area contributed by atoms with Crippen molar-refractivity contribution in [3.8, 4) is 6.07 Å². The van der Waals surface area contributed by atoms with Crippen molar-refractivity contribution in [3.63, 3.8) is 0 Å². The van der Waals surface area contributed by atoms with Crippen LogP contribution in [-0.2, 0) is 13.0 Å². The minimum Gasteiger partial charge on any atom is -0.378 e. The van der Waals surface area contributed by atoms with Gasteiger partial charge in [-0.2, -0.15) is 5.26 Å². The highest BCUT2D eigenvalue weighted by Gasteiger charge is 2.24. The molecule has 0 fully saturated rings. The van der Waals surface area contributed by atoms with Crippen molar-refractivity contribution >= 4 is 5.69 Å². The maximum absolute atomic E-state index is 9.66. The summed E-state index contributed by atoms with van der Waals surface area (Å²) in [5.74, 6) is 0. The van der Waals surface area contributed by atoms with Gasteiger partial charge in [0.2, 0.25) is 0 Å². The van der Waals surface area contributed by atoms with Crippen LogP contribution in [0.2, 0.25) is 0 Å². The molecule has 1 unspecified atom stereocenters. The van der Waals surface area contributed by atoms with E-state index >= 15 is 0 Å². The highest BCUT2D eigenvalue weighted by Crippen LogP contribution is 2.28. The summed E-state index contributed by atoms with van der Waals surface area (Å²) in [5.41, 5.74) is 4.99. The minimum absolute atomic E-state index is 0.176. The van der Waals surface area contributed by atoms with Crippen molar-refractivity contribution in [1.82, 2.24) is 4.90 Å². The number of benzene rings is 2. The smallest absolute Gasteiger partial charge is 0.124 e. The van der Waals surface area contributed by atoms with Crippen LogP contribution in [0.1, 0.15) is 22.7 Å². The molecule has 0 saturated carbocycles. The number of hydrogen-bond acceptors (Lipinski definition) is 3. The third-order valence-corrected chi connectivity index (χ3v) is 4.37. The van der Waals surface area contributed by atoms with E-state index < -0.39 is 0 Å². The van der Waals surface area contributed by atoms with E-state index in [0.717, 1.165) is 30.8 Å². The van der Waals surface area contributed by atoms with Gasteiger partial charge in [0.05, 0.1) is 6.07 Å². The number of nitriles is 1. The van der Waals surface area contributed by atoms with Crippen molar-refractivity contribution in [2.75, 3.05) is 25.5 Å². The molecule has 0 spiro atoms. The Hall–Kier alpha value is -2.31. The molecule has 0 amide bonds. The van der Waals surface area contributed by atoms with Crippen LogP contribution >= 0.6 is 0 Å². The minimum atomic E-state index is -0.176. The first-order chi connectivity index (χ1) is 10.7. The molecule has 22 heavy (non-hydrogen) atoms. The van der Waals surface area contributed by atoms with Crippen molar-refractivity contribution in [2.24, 2.45) is 0 Å². The van der Waals surface area contributed by atoms with Gasteiger partial charge in [0.25, 0.3) is 0 Å². The molecular weight excluding hydrogens is 270 g/mol. The maximum Gasteiger partial charge on any atom is 0.124 e. The van der Waals surface area contributed by atoms with Crippen molar-refractivity contribution in [1.29, 1.82) is 5.26 Å². The highest BCUT2D eigenvalue weighted by molar-refractivity contribution is 5.47. The summed E-state index contributed by atoms with van der Waals surface area (Å²) >= 11 is 0. The highest BCUT2D eigenvalue weighted by atomic mass is 15.2. The summed E-state index contributed by atoms with van der Waals surface area (Å²) in [4.78, 5) is 4.34. The second-order valence-corrected chi connectivity index (χ2v) is 6.01. The van der Waals surface area contributed by atoms with Gasteiger partial charge in [0, 0.05) is 32.9 Å². The molecule has 0 bridgehead atoms. The van der Waals surface area contributed by atoms with E-state index in [9.17, 15) is 5.26 Å². The summed E-state index contributed by atoms with van der Waals surface area (Å²) in [5, 5.41) is 9.66. The summed E-state index contributed by atoms with van der Waals surface area (Å²) in [6.45, 7) is 1.79. The van der Waals surface area contributed by atoms with Crippen LogP contribution in [-0.4, -0.2) is 25.5 Å². The summed E-state index contributed by atoms with van der Waals surface area (Å²) < 4.78 is 0. The second-order valence-electron chi connectivity index (χ2n) is 6.01. The van der Waals surface area contributed by atoms with Crippen LogP contribution in [0.25, 0.3) is 0 Å². The monoisotopic (exact) mass is 291 g/mol. The van der Waals surface area contributed by atoms with E-state index in [-0.39, 0.29) is 6.04 Å². The van der Waals surface area contributed by atoms with Crippen LogP contribution in [0.5, 0.6) is 0 Å². The van der Waals surface area contributed by atoms with Crippen LogP contribution < -0.4 is 4.90 Å². The van der Waals surface area contributed by atoms with Gasteiger partial charge in [-0.3, -0.25) is 4.90 Å². The molecule has 0 N–H and O–H groups in total. The molecule has 1 aliphatic heterocycles. The number of rotatable bonds is 3. The zero-order valence-electron chi connectivity index (χ0n) is 13.2. The molecule has 1 aliphatic rings. The third kappa shape index (κ3) is 2.84. The van der Waals surface area contributed by atoms with E-state index in [1.807, 2.05) is 14.1 Å². The molecule has 3 rings (SSSR count). The van der Waals surface area contributed by atoms with Crippen LogP contribution in [0.15, 0.2) is 48.5 Å². The fourth-order valence-corrected chi connectivity index (χ4v) is 3.06. The number of nitrogens with zero attached hydrogens (tertiary/aromatic N) is 3. The van der Waals surface area contributed by atoms with Crippen molar-refractivity contribution in [3.05, 3.63) is 65.2 Å². The van der Waals surface area contributed by atoms with Gasteiger partial charge in [0.15, 0.2) is 0 Å². The lowest BCUT2D eigenvalue weighted by Gasteiger charge is -2.32. The predicted molar refractivity (Wildman–Crippen MR) is 89.7 cm³/mol. The van der Waals surface area contributed by atoms with Gasteiger partial charge in [-0.1, -0.05) is 36.4 Å². The normalized spacial score (nSPS) is 15.7. The largest absolute Gasteiger partial charge is 0.378 e. The van der Waals surface area contributed by atoms with Crippen molar-refractivity contribution in [2.45, 2.75) is 19.0 Å². The van der Waals surface area contributed by atoms with Gasteiger partial charge in [-0.15, -0.1) is 0 Å². The van der Waals surface area contributed by atoms with Crippen LogP contribution in [0.4, 0.5) is 5.69 Å². The van der Waals surface area contributed by atoms with Gasteiger partial charge in [-0.05, 0) is 35.2 Å². The zero-order chi connectivity index (χ0) is 15.5. The standard InChI is InChI=1S/C19H21N3/c1-21(2)18-9-7-16(8-10-18)19(13-20)22-12-11-15-5-3-4-6-17(15)14-22/h3-10,19H,11-12,14H2,1-2H3. The van der Waals surface area contributed by atoms with E-state index in [4.69, 9.17) is 0 Å². The Balaban J connectivity index is 1.82. The fourth-order valence-electron chi connectivity index (χ4n) is 3.06. The summed E-state index contributed by atoms with van der Waals surface area (Å²) in [7, 11) is 4.05. The Kier molecular flexibility index (Phi) is 4.13. The molecule has 0 saturated heterocycles. The molecule has 2 aromatic rings. The maximum atomic E-state index is 9.66. The summed E-state index contributed by atoms with van der Waals surface area (Å²) in [6.07, 6.45) is 1.02. The molecule has 0 aliphatic carbocycles. The van der Waals surface area contributed by atoms with Crippen molar-refractivity contribution < 1.29 is 0 Å². The van der Waals surface area contributed by atoms with E-state index in [0.29, 0.717) is 0 Å². The van der Waals surface area contributed by atoms with Gasteiger partial charge in [-0.25, -0.2) is 0 Å². The lowest BCUT2D eigenvalue weighted by molar-refractivity contribution is 0.216. The fraction of sp³-hybridized carbons (Fsp3) is 0.316. The van der Waals surface area contributed by atoms with E-state index in [2.05, 4.69) is 64.4 Å². The zero-order valence-corrected chi connectivity index (χ0v) is 13.2. The molecule has 0 aromatic heterocycles. The Morgan fingerprint density at radius 2 is 1.73 bits per heavy atom. The Morgan fingerprint density at radius 3 is 2.36 bits per heavy atom. The van der Waals surface area contributed by atoms with E-state index in [1.165, 1.54) is 11.1 Å². The molecule has 1 atom stereocenters. The average molecular weight is 291 g/mol. The second kappa shape index (κ2) is 6.21. The third-order valence-electron chi connectivity index (χ3n) is 4.37. The molecule has 112 valence electrons. The Bertz CT molecular complexity index is 683. The first-order valence-corrected chi connectivity index (χ1v) is 7.67. The Labute approximate surface area is 132 Å². The van der Waals surface area contributed by atoms with Crippen LogP contribution in [0, 0.1) is 11.3 Å². The quantitative estimate of drug-likeness (QED) is 0.868. The summed E-state index contributed by atoms with van der Waals surface area (Å²) in [6, 6.07) is 19.2. The first kappa shape index (κ1) is 14.6. The molecule has 1 heterocycles. The molecule has 2 aromatic carbocycles. The predicted octanol–water partition coefficient (Wildman–Crippen LogP) is 3.38. The SMILES string of the molecule is CN(C)c1ccc(C(C#N)N2CCc3ccccc3C2)cc1. The molecule has 0 radical (unpaired) electrons. The molecular formula is C19H21N3. The van der Waals surface area contributed by atoms with Gasteiger partial charge in [0.1, 0.15) is 6.04 Å². The number of anilines is 1. The molecule has 3 nitrogen and oxygen atoms in total. The topological polar surface area (TPSA) is 30.3 Å². The van der Waals surface area contributed by atoms with Gasteiger partial charge < -0.3 is 4.90 Å². The van der Waals surface area contributed by atoms with E-state index in [1.54, 1.807) is 0 Å². The lowest BCUT2D eigenvalue weighted by Crippen LogP contribution is -2.33. The average Bonchev–Trinajstić information content (AvgIpc) is 2.56. The Morgan fingerprint density at radius 1 is 1.05 bits per heavy atom. The number of fused-ring (bicyclic) bond motifs is 1. The molecule has 3 heteroatoms.